The molecule has 0 aromatic heterocycles. The summed E-state index contributed by atoms with van der Waals surface area (Å²) in [4.78, 5) is 41.1. The molecular formula is C28H88O12Si9. The second kappa shape index (κ2) is 24.8. The van der Waals surface area contributed by atoms with Crippen LogP contribution in [0, 0.1) is 0 Å². The predicted octanol–water partition coefficient (Wildman–Crippen LogP) is 11.0. The van der Waals surface area contributed by atoms with Crippen LogP contribution in [-0.4, -0.2) is 107 Å². The summed E-state index contributed by atoms with van der Waals surface area (Å²) >= 11 is 0. The summed E-state index contributed by atoms with van der Waals surface area (Å²) in [6.45, 7) is 37.7. The molecule has 0 fully saturated rings. The van der Waals surface area contributed by atoms with Crippen LogP contribution < -0.4 is 0 Å². The summed E-state index contributed by atoms with van der Waals surface area (Å²) in [5, 5.41) is 18.0. The van der Waals surface area contributed by atoms with E-state index in [1.165, 1.54) is 0 Å². The molecule has 12 nitrogen and oxygen atoms in total. The fraction of sp³-hybridized carbons (Fsp3) is 0.929. The molecule has 0 rings (SSSR count). The van der Waals surface area contributed by atoms with Gasteiger partial charge in [-0.05, 0) is 131 Å². The first-order valence-electron chi connectivity index (χ1n) is 14.3. The van der Waals surface area contributed by atoms with Gasteiger partial charge in [-0.15, -0.1) is 0 Å². The van der Waals surface area contributed by atoms with Crippen LogP contribution in [-0.2, 0) is 24.7 Å². The summed E-state index contributed by atoms with van der Waals surface area (Å²) in [5.74, 6) is 0. The third-order valence-corrected chi connectivity index (χ3v) is 31.0. The van der Waals surface area contributed by atoms with Gasteiger partial charge in [-0.2, -0.15) is 0 Å². The molecule has 308 valence electrons. The van der Waals surface area contributed by atoms with E-state index in [-0.39, 0.29) is 44.6 Å². The Balaban J connectivity index is -0.0000000667. The zero-order valence-corrected chi connectivity index (χ0v) is 39.6. The lowest BCUT2D eigenvalue weighted by atomic mass is 11.6. The van der Waals surface area contributed by atoms with Gasteiger partial charge in [0.2, 0.25) is 0 Å². The lowest BCUT2D eigenvalue weighted by Gasteiger charge is -2.35. The van der Waals surface area contributed by atoms with Gasteiger partial charge >= 0.3 is 59.4 Å². The van der Waals surface area contributed by atoms with Gasteiger partial charge in [0.05, 0.1) is 0 Å². The van der Waals surface area contributed by atoms with Crippen LogP contribution >= 0.6 is 0 Å². The molecule has 0 radical (unpaired) electrons. The van der Waals surface area contributed by atoms with E-state index < -0.39 is 87.3 Å². The van der Waals surface area contributed by atoms with Gasteiger partial charge in [0.15, 0.2) is 16.6 Å². The summed E-state index contributed by atoms with van der Waals surface area (Å²) in [6.07, 6.45) is 0. The molecular weight excluding hydrogens is 781 g/mol. The summed E-state index contributed by atoms with van der Waals surface area (Å²) < 4.78 is 34.4. The van der Waals surface area contributed by atoms with E-state index in [2.05, 4.69) is 52.4 Å². The van der Waals surface area contributed by atoms with Crippen LogP contribution in [0.25, 0.3) is 0 Å². The van der Waals surface area contributed by atoms with Crippen LogP contribution in [0.2, 0.25) is 131 Å². The van der Waals surface area contributed by atoms with Crippen molar-refractivity contribution in [3.63, 3.8) is 0 Å². The highest BCUT2D eigenvalue weighted by atomic mass is 28.5. The highest BCUT2D eigenvalue weighted by molar-refractivity contribution is 7.06. The molecule has 0 atom stereocenters. The third kappa shape index (κ3) is 44.7. The molecule has 0 aliphatic rings. The molecule has 0 aromatic carbocycles. The van der Waals surface area contributed by atoms with Crippen LogP contribution in [0.15, 0.2) is 0 Å². The fourth-order valence-corrected chi connectivity index (χ4v) is 37.6. The third-order valence-electron chi connectivity index (χ3n) is 4.13. The average Bonchev–Trinajstić information content (AvgIpc) is 2.50. The quantitative estimate of drug-likeness (QED) is 0.122. The molecule has 21 heteroatoms. The molecule has 49 heavy (non-hydrogen) atoms. The van der Waals surface area contributed by atoms with Gasteiger partial charge in [0.1, 0.15) is 0 Å². The van der Waals surface area contributed by atoms with E-state index in [0.29, 0.717) is 0 Å². The Morgan fingerprint density at radius 3 is 0.653 bits per heavy atom. The van der Waals surface area contributed by atoms with Crippen molar-refractivity contribution in [1.82, 2.24) is 0 Å². The highest BCUT2D eigenvalue weighted by Crippen LogP contribution is 2.22. The minimum Gasteiger partial charge on any atom is -0.484 e. The second-order valence-corrected chi connectivity index (χ2v) is 50.0. The SMILES string of the molecule is C.C.C.C.C.C.C[Si](C)(C)O[Si](C)(C)O[Si](C)(C)C.C[Si](C)(O)O[Si](C)(C)O[Si](C)(C)O.C[Si](C)(O[Si](C)(C)C(=O)O)O[Si](C)(C)C(=O)O. The van der Waals surface area contributed by atoms with Gasteiger partial charge in [-0.25, -0.2) is 0 Å². The minimum absolute atomic E-state index is 0. The summed E-state index contributed by atoms with van der Waals surface area (Å²) in [6, 6.07) is 0. The smallest absolute Gasteiger partial charge is 0.320 e. The van der Waals surface area contributed by atoms with Gasteiger partial charge in [0, 0.05) is 0 Å². The molecule has 0 spiro atoms. The molecule has 0 amide bonds. The lowest BCUT2D eigenvalue weighted by molar-refractivity contribution is 0.210. The van der Waals surface area contributed by atoms with Crippen LogP contribution in [0.3, 0.4) is 0 Å². The molecule has 4 N–H and O–H groups in total. The Bertz CT molecular complexity index is 785. The molecule has 0 unspecified atom stereocenters. The molecule has 0 saturated heterocycles. The Hall–Kier alpha value is 0.572. The molecule has 0 aromatic rings. The van der Waals surface area contributed by atoms with Crippen molar-refractivity contribution < 1.29 is 54.1 Å². The Labute approximate surface area is 315 Å². The van der Waals surface area contributed by atoms with Crippen molar-refractivity contribution >= 4 is 87.3 Å². The van der Waals surface area contributed by atoms with E-state index in [0.717, 1.165) is 0 Å². The van der Waals surface area contributed by atoms with E-state index in [1.54, 1.807) is 65.5 Å². The van der Waals surface area contributed by atoms with Crippen molar-refractivity contribution in [2.75, 3.05) is 0 Å². The highest BCUT2D eigenvalue weighted by Gasteiger charge is 2.46. The number of hydrogen-bond acceptors (Lipinski definition) is 10. The summed E-state index contributed by atoms with van der Waals surface area (Å²) in [5.41, 5.74) is -1.92. The van der Waals surface area contributed by atoms with Gasteiger partial charge in [0.25, 0.3) is 11.2 Å². The Morgan fingerprint density at radius 1 is 0.347 bits per heavy atom. The monoisotopic (exact) mass is 868 g/mol. The lowest BCUT2D eigenvalue weighted by Crippen LogP contribution is -2.57. The number of carbonyl (C=O) groups is 2. The number of carboxylic acid groups (broad SMARTS) is 2. The fourth-order valence-electron chi connectivity index (χ4n) is 4.06. The van der Waals surface area contributed by atoms with E-state index in [9.17, 15) is 19.2 Å². The molecule has 0 heterocycles. The standard InChI is InChI=1S/C8H20O6Si3.C8H24O2Si3.C6H20O4Si3.6CH4/c1-15(2,7(9)10)13-17(5,6)14-16(3,4)8(11)12;1-11(2,3)9-13(7,8)10-12(4,5)6;1-11(2,7)9-13(5,6)10-12(3,4)8;;;;;;/h1-6H3,(H,9,10)(H,11,12);1-8H3;7-8H,1-6H3;6*1H4. The van der Waals surface area contributed by atoms with Crippen molar-refractivity contribution in [3.8, 4) is 0 Å². The molecule has 0 saturated carbocycles. The largest absolute Gasteiger partial charge is 0.484 e. The molecule has 0 aliphatic carbocycles. The minimum atomic E-state index is -2.87. The zero-order valence-electron chi connectivity index (χ0n) is 30.6. The van der Waals surface area contributed by atoms with Crippen LogP contribution in [0.1, 0.15) is 44.6 Å². The van der Waals surface area contributed by atoms with Gasteiger partial charge in [-0.1, -0.05) is 44.6 Å². The first kappa shape index (κ1) is 71.0. The van der Waals surface area contributed by atoms with Gasteiger partial charge in [-0.3, -0.25) is 9.59 Å². The number of hydrogen-bond donors (Lipinski definition) is 4. The van der Waals surface area contributed by atoms with E-state index >= 15 is 0 Å². The maximum absolute atomic E-state index is 11.0. The zero-order chi connectivity index (χ0) is 35.9. The van der Waals surface area contributed by atoms with E-state index in [4.69, 9.17) is 34.9 Å². The van der Waals surface area contributed by atoms with Crippen molar-refractivity contribution in [2.24, 2.45) is 0 Å². The first-order valence-corrected chi connectivity index (χ1v) is 41.0. The summed E-state index contributed by atoms with van der Waals surface area (Å²) in [7, 11) is -20.6. The van der Waals surface area contributed by atoms with Crippen LogP contribution in [0.5, 0.6) is 0 Å². The maximum Gasteiger partial charge on any atom is 0.320 e. The van der Waals surface area contributed by atoms with Crippen molar-refractivity contribution in [3.05, 3.63) is 0 Å². The number of rotatable bonds is 14. The Kier molecular flexibility index (Phi) is 36.0. The average molecular weight is 870 g/mol. The van der Waals surface area contributed by atoms with Crippen LogP contribution in [0.4, 0.5) is 9.59 Å². The van der Waals surface area contributed by atoms with Crippen molar-refractivity contribution in [2.45, 2.75) is 176 Å². The second-order valence-electron chi connectivity index (χ2n) is 15.6. The predicted molar refractivity (Wildman–Crippen MR) is 236 cm³/mol. The first-order chi connectivity index (χ1) is 18.1. The maximum atomic E-state index is 11.0. The van der Waals surface area contributed by atoms with Gasteiger partial charge < -0.3 is 44.5 Å². The van der Waals surface area contributed by atoms with E-state index in [1.807, 2.05) is 13.1 Å². The Morgan fingerprint density at radius 2 is 0.510 bits per heavy atom. The normalized spacial score (nSPS) is 12.5. The molecule has 0 aliphatic heterocycles. The topological polar surface area (TPSA) is 170 Å². The van der Waals surface area contributed by atoms with Crippen molar-refractivity contribution in [1.29, 1.82) is 0 Å². The molecule has 0 bridgehead atoms.